The molecule has 19 heavy (non-hydrogen) atoms. The van der Waals surface area contributed by atoms with Gasteiger partial charge in [-0.3, -0.25) is 0 Å². The van der Waals surface area contributed by atoms with Crippen molar-refractivity contribution in [3.63, 3.8) is 0 Å². The summed E-state index contributed by atoms with van der Waals surface area (Å²) in [6.07, 6.45) is 2.15. The quantitative estimate of drug-likeness (QED) is 0.893. The van der Waals surface area contributed by atoms with Crippen LogP contribution in [-0.2, 0) is 10.0 Å². The zero-order valence-corrected chi connectivity index (χ0v) is 12.5. The van der Waals surface area contributed by atoms with Gasteiger partial charge in [0.1, 0.15) is 4.90 Å². The van der Waals surface area contributed by atoms with Crippen molar-refractivity contribution < 1.29 is 8.42 Å². The molecule has 1 aliphatic rings. The molecule has 1 aliphatic heterocycles. The van der Waals surface area contributed by atoms with Gasteiger partial charge in [-0.05, 0) is 50.4 Å². The van der Waals surface area contributed by atoms with Gasteiger partial charge in [0.15, 0.2) is 0 Å². The first-order chi connectivity index (χ1) is 9.00. The Morgan fingerprint density at radius 2 is 2.26 bits per heavy atom. The van der Waals surface area contributed by atoms with Crippen molar-refractivity contribution >= 4 is 21.6 Å². The van der Waals surface area contributed by atoms with Crippen molar-refractivity contribution in [3.05, 3.63) is 28.8 Å². The molecular formula is C13H19ClN2O2S. The fourth-order valence-electron chi connectivity index (χ4n) is 2.23. The summed E-state index contributed by atoms with van der Waals surface area (Å²) in [4.78, 5) is 0.165. The van der Waals surface area contributed by atoms with Crippen molar-refractivity contribution in [2.75, 3.05) is 19.6 Å². The van der Waals surface area contributed by atoms with Crippen LogP contribution in [0, 0.1) is 12.8 Å². The average Bonchev–Trinajstić information content (AvgIpc) is 2.41. The van der Waals surface area contributed by atoms with Crippen LogP contribution >= 0.6 is 11.6 Å². The number of halogens is 1. The Morgan fingerprint density at radius 3 is 2.95 bits per heavy atom. The Kier molecular flexibility index (Phi) is 4.84. The zero-order chi connectivity index (χ0) is 13.9. The number of aryl methyl sites for hydroxylation is 1. The number of rotatable bonds is 4. The second kappa shape index (κ2) is 6.22. The summed E-state index contributed by atoms with van der Waals surface area (Å²) < 4.78 is 27.1. The molecule has 1 saturated heterocycles. The third-order valence-electron chi connectivity index (χ3n) is 3.41. The molecule has 106 valence electrons. The maximum Gasteiger partial charge on any atom is 0.242 e. The second-order valence-electron chi connectivity index (χ2n) is 4.95. The van der Waals surface area contributed by atoms with Crippen LogP contribution in [0.4, 0.5) is 0 Å². The number of benzene rings is 1. The minimum absolute atomic E-state index is 0.165. The highest BCUT2D eigenvalue weighted by atomic mass is 35.5. The molecule has 0 aliphatic carbocycles. The van der Waals surface area contributed by atoms with E-state index in [0.29, 0.717) is 17.5 Å². The maximum atomic E-state index is 12.2. The summed E-state index contributed by atoms with van der Waals surface area (Å²) >= 11 is 6.07. The van der Waals surface area contributed by atoms with E-state index in [4.69, 9.17) is 11.6 Å². The first kappa shape index (κ1) is 14.8. The molecular weight excluding hydrogens is 284 g/mol. The molecule has 1 atom stereocenters. The molecule has 2 rings (SSSR count). The van der Waals surface area contributed by atoms with E-state index in [0.717, 1.165) is 31.5 Å². The second-order valence-corrected chi connectivity index (χ2v) is 7.06. The topological polar surface area (TPSA) is 58.2 Å². The normalized spacial score (nSPS) is 20.4. The maximum absolute atomic E-state index is 12.2. The minimum atomic E-state index is -3.52. The van der Waals surface area contributed by atoms with Crippen LogP contribution in [-0.4, -0.2) is 28.1 Å². The van der Waals surface area contributed by atoms with E-state index in [1.807, 2.05) is 0 Å². The number of hydrogen-bond donors (Lipinski definition) is 2. The van der Waals surface area contributed by atoms with Gasteiger partial charge in [0.2, 0.25) is 10.0 Å². The molecule has 0 saturated carbocycles. The highest BCUT2D eigenvalue weighted by Crippen LogP contribution is 2.24. The van der Waals surface area contributed by atoms with Crippen molar-refractivity contribution in [2.45, 2.75) is 24.7 Å². The first-order valence-corrected chi connectivity index (χ1v) is 8.32. The summed E-state index contributed by atoms with van der Waals surface area (Å²) in [5, 5.41) is 3.57. The van der Waals surface area contributed by atoms with E-state index in [9.17, 15) is 8.42 Å². The highest BCUT2D eigenvalue weighted by Gasteiger charge is 2.21. The molecule has 1 unspecified atom stereocenters. The van der Waals surface area contributed by atoms with Crippen LogP contribution in [0.25, 0.3) is 0 Å². The van der Waals surface area contributed by atoms with Crippen LogP contribution < -0.4 is 10.0 Å². The molecule has 4 nitrogen and oxygen atoms in total. The molecule has 1 heterocycles. The molecule has 6 heteroatoms. The van der Waals surface area contributed by atoms with Crippen LogP contribution in [0.1, 0.15) is 18.4 Å². The number of nitrogens with one attached hydrogen (secondary N) is 2. The van der Waals surface area contributed by atoms with Gasteiger partial charge in [0, 0.05) is 6.54 Å². The van der Waals surface area contributed by atoms with Gasteiger partial charge in [-0.1, -0.05) is 23.7 Å². The van der Waals surface area contributed by atoms with Gasteiger partial charge >= 0.3 is 0 Å². The zero-order valence-electron chi connectivity index (χ0n) is 10.9. The lowest BCUT2D eigenvalue weighted by Crippen LogP contribution is -2.38. The minimum Gasteiger partial charge on any atom is -0.316 e. The van der Waals surface area contributed by atoms with E-state index >= 15 is 0 Å². The smallest absolute Gasteiger partial charge is 0.242 e. The monoisotopic (exact) mass is 302 g/mol. The summed E-state index contributed by atoms with van der Waals surface area (Å²) in [5.41, 5.74) is 0.767. The lowest BCUT2D eigenvalue weighted by molar-refractivity contribution is 0.376. The molecule has 0 radical (unpaired) electrons. The molecule has 1 aromatic rings. The highest BCUT2D eigenvalue weighted by molar-refractivity contribution is 7.89. The molecule has 1 aromatic carbocycles. The van der Waals surface area contributed by atoms with Crippen LogP contribution in [0.15, 0.2) is 23.1 Å². The lowest BCUT2D eigenvalue weighted by Gasteiger charge is -2.23. The van der Waals surface area contributed by atoms with E-state index in [-0.39, 0.29) is 4.90 Å². The van der Waals surface area contributed by atoms with E-state index in [1.165, 1.54) is 6.07 Å². The summed E-state index contributed by atoms with van der Waals surface area (Å²) in [7, 11) is -3.52. The van der Waals surface area contributed by atoms with Crippen LogP contribution in [0.5, 0.6) is 0 Å². The molecule has 1 fully saturated rings. The number of hydrogen-bond acceptors (Lipinski definition) is 3. The summed E-state index contributed by atoms with van der Waals surface area (Å²) in [5.74, 6) is 0.354. The van der Waals surface area contributed by atoms with Gasteiger partial charge < -0.3 is 5.32 Å². The standard InChI is InChI=1S/C13H19ClN2O2S/c1-10-4-2-6-12(13(10)14)19(17,18)16-9-11-5-3-7-15-8-11/h2,4,6,11,15-16H,3,5,7-9H2,1H3. The van der Waals surface area contributed by atoms with Crippen LogP contribution in [0.3, 0.4) is 0 Å². The summed E-state index contributed by atoms with van der Waals surface area (Å²) in [6.45, 7) is 4.14. The van der Waals surface area contributed by atoms with Gasteiger partial charge in [0.25, 0.3) is 0 Å². The fourth-order valence-corrected chi connectivity index (χ4v) is 3.93. The van der Waals surface area contributed by atoms with E-state index in [1.54, 1.807) is 19.1 Å². The molecule has 0 bridgehead atoms. The largest absolute Gasteiger partial charge is 0.316 e. The lowest BCUT2D eigenvalue weighted by atomic mass is 10.0. The number of piperidine rings is 1. The molecule has 0 spiro atoms. The third kappa shape index (κ3) is 3.69. The van der Waals surface area contributed by atoms with Crippen molar-refractivity contribution in [1.29, 1.82) is 0 Å². The Morgan fingerprint density at radius 1 is 1.47 bits per heavy atom. The van der Waals surface area contributed by atoms with Crippen molar-refractivity contribution in [3.8, 4) is 0 Å². The van der Waals surface area contributed by atoms with Crippen LogP contribution in [0.2, 0.25) is 5.02 Å². The Bertz CT molecular complexity index is 540. The van der Waals surface area contributed by atoms with Gasteiger partial charge in [-0.15, -0.1) is 0 Å². The molecule has 2 N–H and O–H groups in total. The third-order valence-corrected chi connectivity index (χ3v) is 5.49. The molecule has 0 aromatic heterocycles. The van der Waals surface area contributed by atoms with Crippen molar-refractivity contribution in [2.24, 2.45) is 5.92 Å². The first-order valence-electron chi connectivity index (χ1n) is 6.46. The van der Waals surface area contributed by atoms with E-state index < -0.39 is 10.0 Å². The predicted octanol–water partition coefficient (Wildman–Crippen LogP) is 1.93. The van der Waals surface area contributed by atoms with Gasteiger partial charge in [-0.25, -0.2) is 13.1 Å². The van der Waals surface area contributed by atoms with Gasteiger partial charge in [0.05, 0.1) is 5.02 Å². The average molecular weight is 303 g/mol. The Balaban J connectivity index is 2.07. The van der Waals surface area contributed by atoms with Crippen molar-refractivity contribution in [1.82, 2.24) is 10.0 Å². The predicted molar refractivity (Wildman–Crippen MR) is 77.0 cm³/mol. The van der Waals surface area contributed by atoms with Gasteiger partial charge in [-0.2, -0.15) is 0 Å². The fraction of sp³-hybridized carbons (Fsp3) is 0.538. The SMILES string of the molecule is Cc1cccc(S(=O)(=O)NCC2CCCNC2)c1Cl. The summed E-state index contributed by atoms with van der Waals surface area (Å²) in [6, 6.07) is 5.04. The Labute approximate surface area is 119 Å². The molecule has 0 amide bonds. The van der Waals surface area contributed by atoms with E-state index in [2.05, 4.69) is 10.0 Å². The number of sulfonamides is 1. The Hall–Kier alpha value is -0.620.